The molecule has 0 aliphatic heterocycles. The van der Waals surface area contributed by atoms with Crippen LogP contribution in [0.15, 0.2) is 23.3 Å². The third-order valence-electron chi connectivity index (χ3n) is 7.57. The molecule has 27 heavy (non-hydrogen) atoms. The largest absolute Gasteiger partial charge is 0.0702 e. The number of unbranched alkanes of at least 4 members (excludes halogenated alkanes) is 1. The van der Waals surface area contributed by atoms with Crippen molar-refractivity contribution in [3.8, 4) is 0 Å². The van der Waals surface area contributed by atoms with Gasteiger partial charge < -0.3 is 0 Å². The smallest absolute Gasteiger partial charge is 0.0143 e. The van der Waals surface area contributed by atoms with Crippen LogP contribution in [-0.4, -0.2) is 0 Å². The summed E-state index contributed by atoms with van der Waals surface area (Å²) < 4.78 is 0. The van der Waals surface area contributed by atoms with Crippen LogP contribution in [0.5, 0.6) is 0 Å². The van der Waals surface area contributed by atoms with Gasteiger partial charge in [0.1, 0.15) is 0 Å². The molecule has 0 radical (unpaired) electrons. The number of hydrogen-bond acceptors (Lipinski definition) is 0. The normalized spacial score (nSPS) is 29.8. The fourth-order valence-electron chi connectivity index (χ4n) is 6.03. The number of hydrogen-bond donors (Lipinski definition) is 0. The van der Waals surface area contributed by atoms with Gasteiger partial charge >= 0.3 is 0 Å². The molecule has 2 fully saturated rings. The van der Waals surface area contributed by atoms with Gasteiger partial charge in [-0.05, 0) is 80.5 Å². The Kier molecular flexibility index (Phi) is 8.70. The lowest BCUT2D eigenvalue weighted by molar-refractivity contribution is 0.126. The Bertz CT molecular complexity index is 493. The van der Waals surface area contributed by atoms with Gasteiger partial charge in [-0.25, -0.2) is 0 Å². The van der Waals surface area contributed by atoms with Crippen LogP contribution in [0.4, 0.5) is 0 Å². The van der Waals surface area contributed by atoms with E-state index in [-0.39, 0.29) is 0 Å². The summed E-state index contributed by atoms with van der Waals surface area (Å²) in [4.78, 5) is 0. The lowest BCUT2D eigenvalue weighted by Crippen LogP contribution is -2.33. The molecular formula is C27H48. The second kappa shape index (κ2) is 10.3. The average molecular weight is 373 g/mol. The SMILES string of the molecule is CCCC(=C/C=C1\CCCC2(C)C(CCCCC(C)(C)C)CCC12)CCC. The highest BCUT2D eigenvalue weighted by Gasteiger charge is 2.48. The topological polar surface area (TPSA) is 0 Å². The predicted molar refractivity (Wildman–Crippen MR) is 122 cm³/mol. The Balaban J connectivity index is 1.99. The molecule has 0 N–H and O–H groups in total. The molecule has 3 atom stereocenters. The minimum absolute atomic E-state index is 0.504. The third-order valence-corrected chi connectivity index (χ3v) is 7.57. The van der Waals surface area contributed by atoms with Gasteiger partial charge in [0.2, 0.25) is 0 Å². The molecule has 2 aliphatic rings. The average Bonchev–Trinajstić information content (AvgIpc) is 2.93. The van der Waals surface area contributed by atoms with Gasteiger partial charge in [0.25, 0.3) is 0 Å². The quantitative estimate of drug-likeness (QED) is 0.354. The van der Waals surface area contributed by atoms with Crippen molar-refractivity contribution < 1.29 is 0 Å². The van der Waals surface area contributed by atoms with Crippen LogP contribution in [0.2, 0.25) is 0 Å². The Hall–Kier alpha value is -0.520. The molecule has 0 saturated heterocycles. The van der Waals surface area contributed by atoms with E-state index in [1.54, 1.807) is 11.1 Å². The summed E-state index contributed by atoms with van der Waals surface area (Å²) in [5.41, 5.74) is 4.57. The van der Waals surface area contributed by atoms with Crippen molar-refractivity contribution in [1.82, 2.24) is 0 Å². The molecule has 2 rings (SSSR count). The molecule has 0 heteroatoms. The zero-order chi connectivity index (χ0) is 19.9. The third kappa shape index (κ3) is 6.50. The highest BCUT2D eigenvalue weighted by molar-refractivity contribution is 5.25. The van der Waals surface area contributed by atoms with Crippen LogP contribution in [0.3, 0.4) is 0 Å². The van der Waals surface area contributed by atoms with Gasteiger partial charge in [0.05, 0.1) is 0 Å². The second-order valence-corrected chi connectivity index (χ2v) is 11.1. The fraction of sp³-hybridized carbons (Fsp3) is 0.852. The number of allylic oxidation sites excluding steroid dienone is 4. The Labute approximate surface area is 171 Å². The summed E-state index contributed by atoms with van der Waals surface area (Å²) in [6.45, 7) is 14.4. The van der Waals surface area contributed by atoms with Crippen molar-refractivity contribution in [2.45, 2.75) is 125 Å². The zero-order valence-electron chi connectivity index (χ0n) is 19.5. The summed E-state index contributed by atoms with van der Waals surface area (Å²) >= 11 is 0. The Morgan fingerprint density at radius 3 is 2.41 bits per heavy atom. The molecule has 0 bridgehead atoms. The van der Waals surface area contributed by atoms with E-state index < -0.39 is 0 Å². The van der Waals surface area contributed by atoms with E-state index in [0.29, 0.717) is 10.8 Å². The van der Waals surface area contributed by atoms with Crippen molar-refractivity contribution in [3.05, 3.63) is 23.3 Å². The second-order valence-electron chi connectivity index (χ2n) is 11.1. The van der Waals surface area contributed by atoms with E-state index in [4.69, 9.17) is 0 Å². The molecule has 0 amide bonds. The molecule has 0 nitrogen and oxygen atoms in total. The molecule has 0 aromatic carbocycles. The molecule has 0 aromatic rings. The predicted octanol–water partition coefficient (Wildman–Crippen LogP) is 9.26. The molecule has 156 valence electrons. The molecule has 0 aromatic heterocycles. The van der Waals surface area contributed by atoms with Crippen molar-refractivity contribution in [2.24, 2.45) is 22.7 Å². The van der Waals surface area contributed by atoms with E-state index in [2.05, 4.69) is 53.7 Å². The summed E-state index contributed by atoms with van der Waals surface area (Å²) in [6, 6.07) is 0. The van der Waals surface area contributed by atoms with Crippen LogP contribution >= 0.6 is 0 Å². The van der Waals surface area contributed by atoms with Crippen LogP contribution in [0, 0.1) is 22.7 Å². The lowest BCUT2D eigenvalue weighted by atomic mass is 9.62. The first-order chi connectivity index (χ1) is 12.8. The first kappa shape index (κ1) is 22.8. The molecule has 0 spiro atoms. The van der Waals surface area contributed by atoms with Gasteiger partial charge in [0.15, 0.2) is 0 Å². The van der Waals surface area contributed by atoms with Crippen molar-refractivity contribution in [2.75, 3.05) is 0 Å². The summed E-state index contributed by atoms with van der Waals surface area (Å²) in [5.74, 6) is 1.85. The first-order valence-electron chi connectivity index (χ1n) is 12.2. The van der Waals surface area contributed by atoms with Gasteiger partial charge in [-0.2, -0.15) is 0 Å². The lowest BCUT2D eigenvalue weighted by Gasteiger charge is -2.42. The fourth-order valence-corrected chi connectivity index (χ4v) is 6.03. The van der Waals surface area contributed by atoms with Gasteiger partial charge in [-0.3, -0.25) is 0 Å². The molecule has 3 unspecified atom stereocenters. The monoisotopic (exact) mass is 372 g/mol. The zero-order valence-corrected chi connectivity index (χ0v) is 19.5. The molecule has 2 aliphatic carbocycles. The van der Waals surface area contributed by atoms with Crippen LogP contribution in [-0.2, 0) is 0 Å². The van der Waals surface area contributed by atoms with Crippen molar-refractivity contribution >= 4 is 0 Å². The van der Waals surface area contributed by atoms with Crippen LogP contribution in [0.1, 0.15) is 125 Å². The van der Waals surface area contributed by atoms with Gasteiger partial charge in [-0.1, -0.05) is 90.5 Å². The highest BCUT2D eigenvalue weighted by Crippen LogP contribution is 2.58. The minimum atomic E-state index is 0.504. The van der Waals surface area contributed by atoms with E-state index >= 15 is 0 Å². The van der Waals surface area contributed by atoms with Crippen LogP contribution in [0.25, 0.3) is 0 Å². The number of rotatable bonds is 9. The maximum atomic E-state index is 2.65. The summed E-state index contributed by atoms with van der Waals surface area (Å²) in [7, 11) is 0. The molecule has 2 saturated carbocycles. The molecule has 0 heterocycles. The van der Waals surface area contributed by atoms with E-state index in [9.17, 15) is 0 Å². The maximum Gasteiger partial charge on any atom is -0.0143 e. The summed E-state index contributed by atoms with van der Waals surface area (Å²) in [6.07, 6.45) is 23.1. The van der Waals surface area contributed by atoms with Gasteiger partial charge in [-0.15, -0.1) is 0 Å². The van der Waals surface area contributed by atoms with E-state index in [1.165, 1.54) is 83.5 Å². The van der Waals surface area contributed by atoms with E-state index in [1.807, 2.05) is 0 Å². The minimum Gasteiger partial charge on any atom is -0.0702 e. The number of fused-ring (bicyclic) bond motifs is 1. The maximum absolute atomic E-state index is 2.65. The standard InChI is InChI=1S/C27H48/c1-7-12-22(13-8-2)16-17-23-14-11-21-27(6)24(18-19-25(23)27)15-9-10-20-26(3,4)5/h16-17,24-25H,7-15,18-21H2,1-6H3/b23-17+. The van der Waals surface area contributed by atoms with Crippen LogP contribution < -0.4 is 0 Å². The van der Waals surface area contributed by atoms with E-state index in [0.717, 1.165) is 11.8 Å². The van der Waals surface area contributed by atoms with Crippen molar-refractivity contribution in [1.29, 1.82) is 0 Å². The highest BCUT2D eigenvalue weighted by atomic mass is 14.5. The summed E-state index contributed by atoms with van der Waals surface area (Å²) in [5, 5.41) is 0. The van der Waals surface area contributed by atoms with Crippen molar-refractivity contribution in [3.63, 3.8) is 0 Å². The van der Waals surface area contributed by atoms with Gasteiger partial charge in [0, 0.05) is 0 Å². The first-order valence-corrected chi connectivity index (χ1v) is 12.2. The molecular weight excluding hydrogens is 324 g/mol. The Morgan fingerprint density at radius 2 is 1.78 bits per heavy atom. The Morgan fingerprint density at radius 1 is 1.07 bits per heavy atom.